The maximum Gasteiger partial charge on any atom is 0.421 e. The van der Waals surface area contributed by atoms with Crippen LogP contribution in [0.2, 0.25) is 0 Å². The molecule has 10 heteroatoms. The number of fused-ring (bicyclic) bond motifs is 1. The molecule has 0 atom stereocenters. The molecule has 1 fully saturated rings. The zero-order valence-corrected chi connectivity index (χ0v) is 16.0. The normalized spacial score (nSPS) is 15.0. The summed E-state index contributed by atoms with van der Waals surface area (Å²) >= 11 is 0. The van der Waals surface area contributed by atoms with Crippen LogP contribution in [0.25, 0.3) is 10.9 Å². The molecule has 1 saturated carbocycles. The van der Waals surface area contributed by atoms with Gasteiger partial charge in [-0.3, -0.25) is 4.68 Å². The van der Waals surface area contributed by atoms with E-state index in [0.717, 1.165) is 29.9 Å². The van der Waals surface area contributed by atoms with Gasteiger partial charge in [-0.25, -0.2) is 4.98 Å². The Kier molecular flexibility index (Phi) is 4.60. The summed E-state index contributed by atoms with van der Waals surface area (Å²) in [6, 6.07) is 5.43. The Morgan fingerprint density at radius 2 is 1.97 bits per heavy atom. The van der Waals surface area contributed by atoms with Gasteiger partial charge in [-0.1, -0.05) is 6.07 Å². The molecule has 1 aliphatic carbocycles. The van der Waals surface area contributed by atoms with Crippen molar-refractivity contribution >= 4 is 28.4 Å². The molecular weight excluding hydrogens is 385 g/mol. The minimum absolute atomic E-state index is 0.0161. The Labute approximate surface area is 165 Å². The SMILES string of the molecule is CC(C)(O)Cn1ncc2c(Nc3ncc(C(F)(F)F)c(NC4CC4)n3)cccc21. The average Bonchev–Trinajstić information content (AvgIpc) is 3.33. The molecule has 3 N–H and O–H groups in total. The van der Waals surface area contributed by atoms with Crippen LogP contribution in [0.15, 0.2) is 30.6 Å². The van der Waals surface area contributed by atoms with Crippen LogP contribution in [0.5, 0.6) is 0 Å². The summed E-state index contributed by atoms with van der Waals surface area (Å²) in [7, 11) is 0. The summed E-state index contributed by atoms with van der Waals surface area (Å²) in [5.74, 6) is -0.161. The average molecular weight is 406 g/mol. The Hall–Kier alpha value is -2.88. The van der Waals surface area contributed by atoms with E-state index in [2.05, 4.69) is 25.7 Å². The van der Waals surface area contributed by atoms with Crippen molar-refractivity contribution < 1.29 is 18.3 Å². The Bertz CT molecular complexity index is 1040. The topological polar surface area (TPSA) is 87.9 Å². The lowest BCUT2D eigenvalue weighted by atomic mass is 10.1. The molecule has 1 aromatic carbocycles. The summed E-state index contributed by atoms with van der Waals surface area (Å²) in [6.45, 7) is 3.67. The van der Waals surface area contributed by atoms with Crippen LogP contribution in [0.3, 0.4) is 0 Å². The van der Waals surface area contributed by atoms with Gasteiger partial charge in [0.1, 0.15) is 11.4 Å². The van der Waals surface area contributed by atoms with Gasteiger partial charge < -0.3 is 15.7 Å². The minimum atomic E-state index is -4.53. The van der Waals surface area contributed by atoms with Crippen molar-refractivity contribution in [3.05, 3.63) is 36.2 Å². The molecule has 0 bridgehead atoms. The molecule has 1 aliphatic rings. The highest BCUT2D eigenvalue weighted by atomic mass is 19.4. The number of nitrogens with one attached hydrogen (secondary N) is 2. The van der Waals surface area contributed by atoms with E-state index in [1.165, 1.54) is 0 Å². The first kappa shape index (κ1) is 19.4. The number of aromatic nitrogens is 4. The number of alkyl halides is 3. The first-order chi connectivity index (χ1) is 13.6. The van der Waals surface area contributed by atoms with Crippen molar-refractivity contribution in [2.75, 3.05) is 10.6 Å². The van der Waals surface area contributed by atoms with Crippen LogP contribution in [0, 0.1) is 0 Å². The van der Waals surface area contributed by atoms with Gasteiger partial charge in [0, 0.05) is 17.6 Å². The second-order valence-corrected chi connectivity index (χ2v) is 7.85. The molecule has 2 heterocycles. The van der Waals surface area contributed by atoms with Crippen molar-refractivity contribution in [3.8, 4) is 0 Å². The molecule has 3 aromatic rings. The predicted molar refractivity (Wildman–Crippen MR) is 103 cm³/mol. The number of halogens is 3. The van der Waals surface area contributed by atoms with Crippen LogP contribution >= 0.6 is 0 Å². The highest BCUT2D eigenvalue weighted by Gasteiger charge is 2.37. The van der Waals surface area contributed by atoms with E-state index < -0.39 is 17.3 Å². The number of hydrogen-bond donors (Lipinski definition) is 3. The van der Waals surface area contributed by atoms with Gasteiger partial charge in [-0.15, -0.1) is 0 Å². The lowest BCUT2D eigenvalue weighted by Gasteiger charge is -2.17. The first-order valence-electron chi connectivity index (χ1n) is 9.25. The molecule has 4 rings (SSSR count). The molecule has 0 spiro atoms. The lowest BCUT2D eigenvalue weighted by molar-refractivity contribution is -0.137. The van der Waals surface area contributed by atoms with E-state index in [9.17, 15) is 18.3 Å². The van der Waals surface area contributed by atoms with Crippen LogP contribution in [-0.4, -0.2) is 36.5 Å². The zero-order valence-electron chi connectivity index (χ0n) is 16.0. The summed E-state index contributed by atoms with van der Waals surface area (Å²) in [5.41, 5.74) is -0.435. The smallest absolute Gasteiger partial charge is 0.389 e. The van der Waals surface area contributed by atoms with Gasteiger partial charge in [0.2, 0.25) is 5.95 Å². The molecule has 29 heavy (non-hydrogen) atoms. The van der Waals surface area contributed by atoms with Crippen LogP contribution < -0.4 is 10.6 Å². The number of aliphatic hydroxyl groups is 1. The third-order valence-corrected chi connectivity index (χ3v) is 4.48. The van der Waals surface area contributed by atoms with Gasteiger partial charge >= 0.3 is 6.18 Å². The van der Waals surface area contributed by atoms with Crippen molar-refractivity contribution in [1.29, 1.82) is 0 Å². The molecule has 0 saturated heterocycles. The van der Waals surface area contributed by atoms with Crippen molar-refractivity contribution in [2.45, 2.75) is 51.1 Å². The molecule has 2 aromatic heterocycles. The van der Waals surface area contributed by atoms with E-state index in [-0.39, 0.29) is 17.8 Å². The minimum Gasteiger partial charge on any atom is -0.389 e. The molecular formula is C19H21F3N6O. The van der Waals surface area contributed by atoms with Crippen LogP contribution in [0.4, 0.5) is 30.6 Å². The van der Waals surface area contributed by atoms with E-state index >= 15 is 0 Å². The van der Waals surface area contributed by atoms with Crippen LogP contribution in [0.1, 0.15) is 32.3 Å². The van der Waals surface area contributed by atoms with Crippen LogP contribution in [-0.2, 0) is 12.7 Å². The summed E-state index contributed by atoms with van der Waals surface area (Å²) in [5, 5.41) is 20.9. The number of hydrogen-bond acceptors (Lipinski definition) is 6. The summed E-state index contributed by atoms with van der Waals surface area (Å²) in [6.07, 6.45) is -0.462. The Morgan fingerprint density at radius 1 is 1.21 bits per heavy atom. The predicted octanol–water partition coefficient (Wildman–Crippen LogP) is 3.93. The second-order valence-electron chi connectivity index (χ2n) is 7.85. The zero-order chi connectivity index (χ0) is 20.8. The van der Waals surface area contributed by atoms with Crippen molar-refractivity contribution in [3.63, 3.8) is 0 Å². The Balaban J connectivity index is 1.66. The van der Waals surface area contributed by atoms with Crippen molar-refractivity contribution in [1.82, 2.24) is 19.7 Å². The maximum absolute atomic E-state index is 13.3. The highest BCUT2D eigenvalue weighted by molar-refractivity contribution is 5.92. The van der Waals surface area contributed by atoms with E-state index in [1.807, 2.05) is 6.07 Å². The van der Waals surface area contributed by atoms with Gasteiger partial charge in [0.25, 0.3) is 0 Å². The number of anilines is 3. The van der Waals surface area contributed by atoms with Gasteiger partial charge in [-0.2, -0.15) is 23.3 Å². The quantitative estimate of drug-likeness (QED) is 0.575. The maximum atomic E-state index is 13.3. The molecule has 7 nitrogen and oxygen atoms in total. The molecule has 0 radical (unpaired) electrons. The number of benzene rings is 1. The standard InChI is InChI=1S/C19H21F3N6O/c1-18(2,29)10-28-15-5-3-4-14(12(15)8-24-28)26-17-23-9-13(19(20,21)22)16(27-17)25-11-6-7-11/h3-5,8-9,11,29H,6-7,10H2,1-2H3,(H2,23,25,26,27). The van der Waals surface area contributed by atoms with Gasteiger partial charge in [-0.05, 0) is 38.8 Å². The number of rotatable bonds is 6. The molecule has 0 aliphatic heterocycles. The highest BCUT2D eigenvalue weighted by Crippen LogP contribution is 2.36. The first-order valence-corrected chi connectivity index (χ1v) is 9.25. The molecule has 0 unspecified atom stereocenters. The van der Waals surface area contributed by atoms with E-state index in [0.29, 0.717) is 12.2 Å². The fourth-order valence-electron chi connectivity index (χ4n) is 3.01. The summed E-state index contributed by atoms with van der Waals surface area (Å²) in [4.78, 5) is 7.92. The lowest BCUT2D eigenvalue weighted by Crippen LogP contribution is -2.26. The van der Waals surface area contributed by atoms with Crippen molar-refractivity contribution in [2.24, 2.45) is 0 Å². The largest absolute Gasteiger partial charge is 0.421 e. The third kappa shape index (κ3) is 4.42. The van der Waals surface area contributed by atoms with Gasteiger partial charge in [0.05, 0.1) is 29.5 Å². The third-order valence-electron chi connectivity index (χ3n) is 4.48. The number of nitrogens with zero attached hydrogens (tertiary/aromatic N) is 4. The van der Waals surface area contributed by atoms with Gasteiger partial charge in [0.15, 0.2) is 0 Å². The fourth-order valence-corrected chi connectivity index (χ4v) is 3.01. The Morgan fingerprint density at radius 3 is 2.62 bits per heavy atom. The fraction of sp³-hybridized carbons (Fsp3) is 0.421. The summed E-state index contributed by atoms with van der Waals surface area (Å²) < 4.78 is 41.4. The monoisotopic (exact) mass is 406 g/mol. The molecule has 154 valence electrons. The molecule has 0 amide bonds. The second kappa shape index (κ2) is 6.87. The van der Waals surface area contributed by atoms with E-state index in [1.54, 1.807) is 36.9 Å². The van der Waals surface area contributed by atoms with E-state index in [4.69, 9.17) is 0 Å².